The molecule has 2 aromatic carbocycles. The molecule has 5 heteroatoms. The fraction of sp³-hybridized carbons (Fsp3) is 0.536. The van der Waals surface area contributed by atoms with Gasteiger partial charge in [0.15, 0.2) is 5.78 Å². The highest BCUT2D eigenvalue weighted by Crippen LogP contribution is 2.66. The molecule has 3 unspecified atom stereocenters. The molecule has 33 heavy (non-hydrogen) atoms. The minimum absolute atomic E-state index is 0.0433. The first kappa shape index (κ1) is 22.8. The molecule has 0 spiro atoms. The van der Waals surface area contributed by atoms with Crippen molar-refractivity contribution in [1.29, 1.82) is 0 Å². The van der Waals surface area contributed by atoms with Gasteiger partial charge >= 0.3 is 7.12 Å². The Labute approximate surface area is 198 Å². The van der Waals surface area contributed by atoms with Crippen LogP contribution in [0.2, 0.25) is 0 Å². The first-order chi connectivity index (χ1) is 15.8. The van der Waals surface area contributed by atoms with Crippen molar-refractivity contribution in [2.75, 3.05) is 0 Å². The lowest BCUT2D eigenvalue weighted by atomic mass is 9.43. The van der Waals surface area contributed by atoms with E-state index in [-0.39, 0.29) is 36.5 Å². The van der Waals surface area contributed by atoms with Crippen LogP contribution in [0.1, 0.15) is 63.4 Å². The molecule has 1 heterocycles. The van der Waals surface area contributed by atoms with Crippen molar-refractivity contribution in [2.24, 2.45) is 17.3 Å². The summed E-state index contributed by atoms with van der Waals surface area (Å²) in [5, 5.41) is 0. The van der Waals surface area contributed by atoms with E-state index in [2.05, 4.69) is 62.9 Å². The third kappa shape index (κ3) is 4.09. The summed E-state index contributed by atoms with van der Waals surface area (Å²) < 4.78 is 13.4. The van der Waals surface area contributed by atoms with E-state index in [1.165, 1.54) is 12.0 Å². The zero-order valence-electron chi connectivity index (χ0n) is 20.2. The summed E-state index contributed by atoms with van der Waals surface area (Å²) in [6, 6.07) is 20.4. The van der Waals surface area contributed by atoms with Crippen LogP contribution in [0.5, 0.6) is 0 Å². The second kappa shape index (κ2) is 8.68. The Morgan fingerprint density at radius 1 is 1.06 bits per heavy atom. The summed E-state index contributed by atoms with van der Waals surface area (Å²) in [5.74, 6) is 1.52. The lowest BCUT2D eigenvalue weighted by molar-refractivity contribution is -0.402. The van der Waals surface area contributed by atoms with Crippen molar-refractivity contribution in [3.05, 3.63) is 71.8 Å². The van der Waals surface area contributed by atoms with Crippen LogP contribution in [0, 0.1) is 17.3 Å². The van der Waals surface area contributed by atoms with Crippen LogP contribution in [0.3, 0.4) is 0 Å². The van der Waals surface area contributed by atoms with E-state index in [1.807, 2.05) is 24.3 Å². The second-order valence-corrected chi connectivity index (χ2v) is 11.2. The van der Waals surface area contributed by atoms with Crippen molar-refractivity contribution in [3.8, 4) is 0 Å². The number of hydrogen-bond donors (Lipinski definition) is 1. The summed E-state index contributed by atoms with van der Waals surface area (Å²) in [4.78, 5) is 13.0. The van der Waals surface area contributed by atoms with Gasteiger partial charge in [0, 0.05) is 18.7 Å². The van der Waals surface area contributed by atoms with E-state index in [0.717, 1.165) is 17.9 Å². The Bertz CT molecular complexity index is 981. The van der Waals surface area contributed by atoms with Crippen LogP contribution in [-0.2, 0) is 20.5 Å². The van der Waals surface area contributed by atoms with Gasteiger partial charge in [-0.2, -0.15) is 0 Å². The number of carbonyl (C=O) groups is 1. The lowest BCUT2D eigenvalue weighted by Crippen LogP contribution is -2.66. The normalized spacial score (nSPS) is 31.4. The van der Waals surface area contributed by atoms with Crippen molar-refractivity contribution < 1.29 is 19.8 Å². The number of rotatable bonds is 8. The Balaban J connectivity index is 1.29. The van der Waals surface area contributed by atoms with Crippen molar-refractivity contribution >= 4 is 12.9 Å². The molecule has 3 aliphatic carbocycles. The van der Waals surface area contributed by atoms with E-state index >= 15 is 0 Å². The number of quaternary nitrogens is 1. The maximum absolute atomic E-state index is 13.0. The van der Waals surface area contributed by atoms with Gasteiger partial charge in [-0.25, -0.2) is 0 Å². The molecule has 0 radical (unpaired) electrons. The minimum atomic E-state index is -0.303. The van der Waals surface area contributed by atoms with Gasteiger partial charge in [0.2, 0.25) is 0 Å². The monoisotopic (exact) mass is 446 g/mol. The van der Waals surface area contributed by atoms with Crippen molar-refractivity contribution in [3.63, 3.8) is 0 Å². The number of Topliss-reactive ketones (excluding diaryl/α,β-unsaturated/α-hetero) is 1. The molecule has 0 aromatic heterocycles. The van der Waals surface area contributed by atoms with E-state index in [0.29, 0.717) is 30.6 Å². The highest BCUT2D eigenvalue weighted by Gasteiger charge is 2.68. The summed E-state index contributed by atoms with van der Waals surface area (Å²) in [6.07, 6.45) is 4.36. The van der Waals surface area contributed by atoms with Gasteiger partial charge in [0.1, 0.15) is 6.04 Å². The molecular formula is C28H37BNO3+. The highest BCUT2D eigenvalue weighted by molar-refractivity contribution is 6.47. The zero-order valence-corrected chi connectivity index (χ0v) is 20.2. The zero-order chi connectivity index (χ0) is 23.2. The van der Waals surface area contributed by atoms with Crippen LogP contribution >= 0.6 is 0 Å². The predicted octanol–water partition coefficient (Wildman–Crippen LogP) is 4.24. The predicted molar refractivity (Wildman–Crippen MR) is 130 cm³/mol. The molecule has 6 rings (SSSR count). The van der Waals surface area contributed by atoms with E-state index in [9.17, 15) is 4.79 Å². The number of carbonyl (C=O) groups excluding carboxylic acids is 1. The number of ketones is 1. The first-order valence-electron chi connectivity index (χ1n) is 12.6. The highest BCUT2D eigenvalue weighted by atomic mass is 16.7. The summed E-state index contributed by atoms with van der Waals surface area (Å²) in [7, 11) is -0.303. The molecule has 0 amide bonds. The molecular weight excluding hydrogens is 409 g/mol. The van der Waals surface area contributed by atoms with Gasteiger partial charge < -0.3 is 15.0 Å². The van der Waals surface area contributed by atoms with E-state index in [1.54, 1.807) is 0 Å². The van der Waals surface area contributed by atoms with Gasteiger partial charge in [0.25, 0.3) is 0 Å². The Kier molecular flexibility index (Phi) is 6.01. The van der Waals surface area contributed by atoms with Gasteiger partial charge in [-0.3, -0.25) is 4.79 Å². The largest absolute Gasteiger partial charge is 0.465 e. The number of hydrogen-bond acceptors (Lipinski definition) is 3. The molecule has 6 atom stereocenters. The Morgan fingerprint density at radius 3 is 2.39 bits per heavy atom. The van der Waals surface area contributed by atoms with Gasteiger partial charge in [-0.1, -0.05) is 74.5 Å². The van der Waals surface area contributed by atoms with Gasteiger partial charge in [0.05, 0.1) is 11.7 Å². The molecule has 1 saturated heterocycles. The lowest BCUT2D eigenvalue weighted by Gasteiger charge is -2.64. The van der Waals surface area contributed by atoms with Crippen molar-refractivity contribution in [2.45, 2.75) is 76.4 Å². The van der Waals surface area contributed by atoms with Crippen molar-refractivity contribution in [1.82, 2.24) is 0 Å². The SMILES string of the molecule is CC1(C)C2CC3OB([C@@H](CCC(=O)[C@@H]([NH3+])Cc4ccccc4)c4ccccc4)O[C@]3(C)C1C2. The second-order valence-electron chi connectivity index (χ2n) is 11.2. The molecule has 4 aliphatic rings. The van der Waals surface area contributed by atoms with Gasteiger partial charge in [-0.05, 0) is 54.6 Å². The Morgan fingerprint density at radius 2 is 1.73 bits per heavy atom. The van der Waals surface area contributed by atoms with Crippen LogP contribution in [0.15, 0.2) is 60.7 Å². The van der Waals surface area contributed by atoms with Gasteiger partial charge in [-0.15, -0.1) is 0 Å². The van der Waals surface area contributed by atoms with E-state index < -0.39 is 0 Å². The molecule has 2 bridgehead atoms. The van der Waals surface area contributed by atoms with Crippen LogP contribution in [-0.4, -0.2) is 30.6 Å². The molecule has 4 nitrogen and oxygen atoms in total. The summed E-state index contributed by atoms with van der Waals surface area (Å²) in [6.45, 7) is 7.04. The van der Waals surface area contributed by atoms with Crippen LogP contribution in [0.4, 0.5) is 0 Å². The maximum atomic E-state index is 13.0. The average Bonchev–Trinajstić information content (AvgIpc) is 3.17. The quantitative estimate of drug-likeness (QED) is 0.617. The van der Waals surface area contributed by atoms with Crippen LogP contribution < -0.4 is 5.73 Å². The molecule has 3 N–H and O–H groups in total. The third-order valence-corrected chi connectivity index (χ3v) is 9.01. The molecule has 3 saturated carbocycles. The molecule has 1 aliphatic heterocycles. The first-order valence-corrected chi connectivity index (χ1v) is 12.6. The molecule has 2 aromatic rings. The third-order valence-electron chi connectivity index (χ3n) is 9.01. The average molecular weight is 446 g/mol. The smallest absolute Gasteiger partial charge is 0.405 e. The molecule has 174 valence electrons. The minimum Gasteiger partial charge on any atom is -0.405 e. The fourth-order valence-electron chi connectivity index (χ4n) is 6.75. The van der Waals surface area contributed by atoms with E-state index in [4.69, 9.17) is 9.31 Å². The van der Waals surface area contributed by atoms with Crippen LogP contribution in [0.25, 0.3) is 0 Å². The standard InChI is InChI=1S/C28H36BNO3/c1-27(2)21-17-25(27)28(3)26(18-21)32-29(33-28)22(20-12-8-5-9-13-20)14-15-24(31)23(30)16-19-10-6-4-7-11-19/h4-13,21-23,25-26H,14-18,30H2,1-3H3/p+1/t21?,22-,23-,25?,26?,28+/m0/s1. The summed E-state index contributed by atoms with van der Waals surface area (Å²) in [5.41, 5.74) is 6.60. The number of benzene rings is 2. The topological polar surface area (TPSA) is 63.2 Å². The maximum Gasteiger partial charge on any atom is 0.465 e. The fourth-order valence-corrected chi connectivity index (χ4v) is 6.75. The molecule has 4 fully saturated rings. The Hall–Kier alpha value is -1.95. The summed E-state index contributed by atoms with van der Waals surface area (Å²) >= 11 is 0.